The predicted molar refractivity (Wildman–Crippen MR) is 61.5 cm³/mol. The van der Waals surface area contributed by atoms with Crippen molar-refractivity contribution in [2.45, 2.75) is 44.9 Å². The van der Waals surface area contributed by atoms with Crippen molar-refractivity contribution in [1.29, 1.82) is 0 Å². The topological polar surface area (TPSA) is 26.0 Å². The fourth-order valence-corrected chi connectivity index (χ4v) is 1.81. The van der Waals surface area contributed by atoms with Gasteiger partial charge in [-0.1, -0.05) is 32.9 Å². The summed E-state index contributed by atoms with van der Waals surface area (Å²) in [6.07, 6.45) is 2.64. The van der Waals surface area contributed by atoms with E-state index in [9.17, 15) is 0 Å². The highest BCUT2D eigenvalue weighted by atomic mass is 14.6. The van der Waals surface area contributed by atoms with Crippen molar-refractivity contribution in [1.82, 2.24) is 0 Å². The fraction of sp³-hybridized carbons (Fsp3) is 0.538. The monoisotopic (exact) mass is 189 g/mol. The second kappa shape index (κ2) is 3.01. The molecule has 1 aromatic carbocycles. The number of hydrogen-bond acceptors (Lipinski definition) is 1. The van der Waals surface area contributed by atoms with Crippen molar-refractivity contribution in [2.75, 3.05) is 5.73 Å². The van der Waals surface area contributed by atoms with Gasteiger partial charge in [0.15, 0.2) is 0 Å². The molecule has 0 spiro atoms. The number of nitrogens with two attached hydrogens (primary N) is 1. The number of hydrogen-bond donors (Lipinski definition) is 1. The number of anilines is 1. The quantitative estimate of drug-likeness (QED) is 0.673. The molecule has 0 amide bonds. The van der Waals surface area contributed by atoms with E-state index in [2.05, 4.69) is 39.0 Å². The summed E-state index contributed by atoms with van der Waals surface area (Å²) in [6.45, 7) is 6.66. The van der Waals surface area contributed by atoms with E-state index in [-0.39, 0.29) is 5.41 Å². The maximum atomic E-state index is 6.06. The summed E-state index contributed by atoms with van der Waals surface area (Å²) >= 11 is 0. The van der Waals surface area contributed by atoms with Crippen LogP contribution >= 0.6 is 0 Å². The van der Waals surface area contributed by atoms with E-state index in [0.717, 1.165) is 11.6 Å². The zero-order valence-electron chi connectivity index (χ0n) is 9.30. The predicted octanol–water partition coefficient (Wildman–Crippen LogP) is 3.44. The second-order valence-electron chi connectivity index (χ2n) is 5.37. The fourth-order valence-electron chi connectivity index (χ4n) is 1.81. The van der Waals surface area contributed by atoms with Crippen LogP contribution in [0.4, 0.5) is 5.69 Å². The molecule has 1 aliphatic rings. The highest BCUT2D eigenvalue weighted by Gasteiger charge is 2.26. The van der Waals surface area contributed by atoms with Crippen LogP contribution in [0.25, 0.3) is 0 Å². The van der Waals surface area contributed by atoms with Crippen LogP contribution < -0.4 is 5.73 Å². The summed E-state index contributed by atoms with van der Waals surface area (Å²) in [7, 11) is 0. The SMILES string of the molecule is CC(C)(C)c1ccc(C2CC2)c(N)c1. The minimum absolute atomic E-state index is 0.205. The lowest BCUT2D eigenvalue weighted by molar-refractivity contribution is 0.590. The Hall–Kier alpha value is -0.980. The molecule has 1 aromatic rings. The molecule has 1 nitrogen and oxygen atoms in total. The van der Waals surface area contributed by atoms with Gasteiger partial charge in [0.25, 0.3) is 0 Å². The van der Waals surface area contributed by atoms with Crippen LogP contribution in [0.5, 0.6) is 0 Å². The molecule has 0 saturated heterocycles. The van der Waals surface area contributed by atoms with Gasteiger partial charge in [0.2, 0.25) is 0 Å². The summed E-state index contributed by atoms with van der Waals surface area (Å²) in [5.74, 6) is 0.754. The molecule has 0 unspecified atom stereocenters. The minimum Gasteiger partial charge on any atom is -0.398 e. The molecule has 1 aliphatic carbocycles. The molecule has 2 rings (SSSR count). The molecular weight excluding hydrogens is 170 g/mol. The van der Waals surface area contributed by atoms with Crippen LogP contribution in [0.2, 0.25) is 0 Å². The Morgan fingerprint density at radius 2 is 1.86 bits per heavy atom. The molecule has 76 valence electrons. The Bertz CT molecular complexity index is 343. The lowest BCUT2D eigenvalue weighted by Gasteiger charge is -2.20. The van der Waals surface area contributed by atoms with Crippen LogP contribution in [-0.2, 0) is 5.41 Å². The van der Waals surface area contributed by atoms with Crippen LogP contribution in [-0.4, -0.2) is 0 Å². The molecular formula is C13H19N. The summed E-state index contributed by atoms with van der Waals surface area (Å²) in [4.78, 5) is 0. The summed E-state index contributed by atoms with van der Waals surface area (Å²) in [6, 6.07) is 6.59. The van der Waals surface area contributed by atoms with E-state index in [1.807, 2.05) is 0 Å². The summed E-state index contributed by atoms with van der Waals surface area (Å²) < 4.78 is 0. The number of nitrogen functional groups attached to an aromatic ring is 1. The molecule has 2 N–H and O–H groups in total. The number of benzene rings is 1. The third-order valence-electron chi connectivity index (χ3n) is 2.97. The molecule has 14 heavy (non-hydrogen) atoms. The average Bonchev–Trinajstić information content (AvgIpc) is 2.85. The van der Waals surface area contributed by atoms with E-state index in [0.29, 0.717) is 0 Å². The highest BCUT2D eigenvalue weighted by molar-refractivity contribution is 5.53. The van der Waals surface area contributed by atoms with Gasteiger partial charge >= 0.3 is 0 Å². The smallest absolute Gasteiger partial charge is 0.0352 e. The maximum Gasteiger partial charge on any atom is 0.0352 e. The molecule has 0 heterocycles. The Morgan fingerprint density at radius 3 is 2.29 bits per heavy atom. The van der Waals surface area contributed by atoms with Crippen LogP contribution in [0.3, 0.4) is 0 Å². The third-order valence-corrected chi connectivity index (χ3v) is 2.97. The van der Waals surface area contributed by atoms with Gasteiger partial charge in [0.1, 0.15) is 0 Å². The molecule has 0 aliphatic heterocycles. The molecule has 1 fully saturated rings. The van der Waals surface area contributed by atoms with Crippen molar-refractivity contribution in [3.8, 4) is 0 Å². The average molecular weight is 189 g/mol. The van der Waals surface area contributed by atoms with E-state index >= 15 is 0 Å². The largest absolute Gasteiger partial charge is 0.398 e. The van der Waals surface area contributed by atoms with Gasteiger partial charge in [-0.25, -0.2) is 0 Å². The zero-order chi connectivity index (χ0) is 10.3. The molecule has 0 radical (unpaired) electrons. The first-order valence-corrected chi connectivity index (χ1v) is 5.38. The Labute approximate surface area is 86.3 Å². The zero-order valence-corrected chi connectivity index (χ0v) is 9.30. The maximum absolute atomic E-state index is 6.06. The lowest BCUT2D eigenvalue weighted by atomic mass is 9.86. The van der Waals surface area contributed by atoms with Crippen molar-refractivity contribution in [3.05, 3.63) is 29.3 Å². The van der Waals surface area contributed by atoms with Crippen LogP contribution in [0.15, 0.2) is 18.2 Å². The minimum atomic E-state index is 0.205. The van der Waals surface area contributed by atoms with E-state index in [1.165, 1.54) is 24.0 Å². The first-order valence-electron chi connectivity index (χ1n) is 5.38. The first-order chi connectivity index (χ1) is 6.48. The van der Waals surface area contributed by atoms with Gasteiger partial charge in [-0.15, -0.1) is 0 Å². The molecule has 1 saturated carbocycles. The summed E-state index contributed by atoms with van der Waals surface area (Å²) in [5.41, 5.74) is 9.94. The Balaban J connectivity index is 2.35. The van der Waals surface area contributed by atoms with Crippen LogP contribution in [0.1, 0.15) is 50.7 Å². The van der Waals surface area contributed by atoms with Gasteiger partial charge < -0.3 is 5.73 Å². The molecule has 0 atom stereocenters. The van der Waals surface area contributed by atoms with Crippen LogP contribution in [0, 0.1) is 0 Å². The van der Waals surface area contributed by atoms with Crippen molar-refractivity contribution < 1.29 is 0 Å². The van der Waals surface area contributed by atoms with Gasteiger partial charge in [0, 0.05) is 5.69 Å². The Morgan fingerprint density at radius 1 is 1.21 bits per heavy atom. The van der Waals surface area contributed by atoms with Gasteiger partial charge in [-0.05, 0) is 41.4 Å². The van der Waals surface area contributed by atoms with E-state index < -0.39 is 0 Å². The normalized spacial score (nSPS) is 17.1. The lowest BCUT2D eigenvalue weighted by Crippen LogP contribution is -2.11. The highest BCUT2D eigenvalue weighted by Crippen LogP contribution is 2.43. The first kappa shape index (κ1) is 9.57. The van der Waals surface area contributed by atoms with Crippen molar-refractivity contribution >= 4 is 5.69 Å². The van der Waals surface area contributed by atoms with Crippen molar-refractivity contribution in [3.63, 3.8) is 0 Å². The van der Waals surface area contributed by atoms with Gasteiger partial charge in [-0.3, -0.25) is 0 Å². The molecule has 0 bridgehead atoms. The van der Waals surface area contributed by atoms with E-state index in [1.54, 1.807) is 0 Å². The number of rotatable bonds is 1. The van der Waals surface area contributed by atoms with E-state index in [4.69, 9.17) is 5.73 Å². The standard InChI is InChI=1S/C13H19N/c1-13(2,3)10-6-7-11(9-4-5-9)12(14)8-10/h6-9H,4-5,14H2,1-3H3. The van der Waals surface area contributed by atoms with Gasteiger partial charge in [0.05, 0.1) is 0 Å². The van der Waals surface area contributed by atoms with Gasteiger partial charge in [-0.2, -0.15) is 0 Å². The molecule has 1 heteroatoms. The Kier molecular flexibility index (Phi) is 2.06. The summed E-state index contributed by atoms with van der Waals surface area (Å²) in [5, 5.41) is 0. The molecule has 0 aromatic heterocycles. The second-order valence-corrected chi connectivity index (χ2v) is 5.37. The third kappa shape index (κ3) is 1.77. The van der Waals surface area contributed by atoms with Crippen molar-refractivity contribution in [2.24, 2.45) is 0 Å².